The minimum atomic E-state index is 0.00645. The van der Waals surface area contributed by atoms with E-state index in [2.05, 4.69) is 0 Å². The Labute approximate surface area is 105 Å². The summed E-state index contributed by atoms with van der Waals surface area (Å²) in [6.07, 6.45) is 1.25. The quantitative estimate of drug-likeness (QED) is 0.901. The van der Waals surface area contributed by atoms with E-state index < -0.39 is 0 Å². The van der Waals surface area contributed by atoms with Gasteiger partial charge in [-0.15, -0.1) is 0 Å². The van der Waals surface area contributed by atoms with Gasteiger partial charge in [0.05, 0.1) is 25.3 Å². The van der Waals surface area contributed by atoms with Crippen molar-refractivity contribution in [3.63, 3.8) is 0 Å². The van der Waals surface area contributed by atoms with Crippen molar-refractivity contribution < 1.29 is 19.3 Å². The maximum absolute atomic E-state index is 9.11. The fourth-order valence-electron chi connectivity index (χ4n) is 1.88. The first kappa shape index (κ1) is 12.3. The smallest absolute Gasteiger partial charge is 0.168 e. The normalized spacial score (nSPS) is 14.3. The van der Waals surface area contributed by atoms with Crippen molar-refractivity contribution in [2.24, 2.45) is 0 Å². The van der Waals surface area contributed by atoms with Gasteiger partial charge in [0.2, 0.25) is 0 Å². The summed E-state index contributed by atoms with van der Waals surface area (Å²) in [6, 6.07) is 1.70. The lowest BCUT2D eigenvalue weighted by atomic mass is 10.1. The van der Waals surface area contributed by atoms with Gasteiger partial charge >= 0.3 is 0 Å². The summed E-state index contributed by atoms with van der Waals surface area (Å²) in [5.74, 6) is 1.81. The van der Waals surface area contributed by atoms with Crippen LogP contribution < -0.4 is 14.2 Å². The van der Waals surface area contributed by atoms with Crippen molar-refractivity contribution in [2.45, 2.75) is 12.8 Å². The highest BCUT2D eigenvalue weighted by Gasteiger charge is 2.21. The van der Waals surface area contributed by atoms with Crippen LogP contribution in [0.1, 0.15) is 12.0 Å². The number of aliphatic hydroxyl groups excluding tert-OH is 1. The van der Waals surface area contributed by atoms with E-state index in [-0.39, 0.29) is 6.61 Å². The third-order valence-electron chi connectivity index (χ3n) is 2.61. The molecule has 1 aromatic rings. The molecule has 0 aliphatic carbocycles. The average molecular weight is 259 g/mol. The van der Waals surface area contributed by atoms with Gasteiger partial charge in [-0.1, -0.05) is 11.6 Å². The zero-order valence-electron chi connectivity index (χ0n) is 9.66. The van der Waals surface area contributed by atoms with Gasteiger partial charge in [-0.05, 0) is 0 Å². The SMILES string of the molecule is COc1c(Cl)cc2c(c1CCO)OCCCO2. The zero-order chi connectivity index (χ0) is 12.3. The molecule has 0 saturated heterocycles. The van der Waals surface area contributed by atoms with E-state index in [4.69, 9.17) is 30.9 Å². The number of fused-ring (bicyclic) bond motifs is 1. The molecule has 2 rings (SSSR count). The van der Waals surface area contributed by atoms with Gasteiger partial charge in [0.1, 0.15) is 5.75 Å². The van der Waals surface area contributed by atoms with Crippen LogP contribution in [-0.2, 0) is 6.42 Å². The Morgan fingerprint density at radius 3 is 2.88 bits per heavy atom. The molecule has 0 atom stereocenters. The Hall–Kier alpha value is -1.13. The van der Waals surface area contributed by atoms with Gasteiger partial charge in [-0.2, -0.15) is 0 Å². The molecule has 94 valence electrons. The monoisotopic (exact) mass is 258 g/mol. The first-order chi connectivity index (χ1) is 8.27. The second kappa shape index (κ2) is 5.47. The van der Waals surface area contributed by atoms with Crippen LogP contribution in [0.15, 0.2) is 6.07 Å². The highest BCUT2D eigenvalue weighted by molar-refractivity contribution is 6.32. The molecule has 0 amide bonds. The van der Waals surface area contributed by atoms with Gasteiger partial charge in [-0.25, -0.2) is 0 Å². The molecule has 0 unspecified atom stereocenters. The highest BCUT2D eigenvalue weighted by atomic mass is 35.5. The molecule has 4 nitrogen and oxygen atoms in total. The summed E-state index contributed by atoms with van der Waals surface area (Å²) in [7, 11) is 1.55. The Morgan fingerprint density at radius 2 is 2.18 bits per heavy atom. The van der Waals surface area contributed by atoms with E-state index in [0.717, 1.165) is 12.0 Å². The van der Waals surface area contributed by atoms with Gasteiger partial charge in [0, 0.05) is 31.1 Å². The summed E-state index contributed by atoms with van der Waals surface area (Å²) in [4.78, 5) is 0. The van der Waals surface area contributed by atoms with E-state index in [0.29, 0.717) is 41.9 Å². The number of ether oxygens (including phenoxy) is 3. The van der Waals surface area contributed by atoms with Crippen LogP contribution in [0.25, 0.3) is 0 Å². The molecule has 0 aromatic heterocycles. The molecular formula is C12H15ClO4. The van der Waals surface area contributed by atoms with Crippen molar-refractivity contribution in [2.75, 3.05) is 26.9 Å². The second-order valence-electron chi connectivity index (χ2n) is 3.72. The maximum atomic E-state index is 9.11. The van der Waals surface area contributed by atoms with E-state index in [1.165, 1.54) is 0 Å². The lowest BCUT2D eigenvalue weighted by molar-refractivity contribution is 0.283. The molecule has 5 heteroatoms. The molecule has 0 fully saturated rings. The van der Waals surface area contributed by atoms with Crippen molar-refractivity contribution in [1.82, 2.24) is 0 Å². The average Bonchev–Trinajstić information content (AvgIpc) is 2.54. The first-order valence-corrected chi connectivity index (χ1v) is 5.91. The van der Waals surface area contributed by atoms with Crippen LogP contribution in [0.2, 0.25) is 5.02 Å². The second-order valence-corrected chi connectivity index (χ2v) is 4.13. The molecule has 0 bridgehead atoms. The van der Waals surface area contributed by atoms with E-state index in [1.807, 2.05) is 0 Å². The maximum Gasteiger partial charge on any atom is 0.168 e. The summed E-state index contributed by atoms with van der Waals surface area (Å²) < 4.78 is 16.5. The van der Waals surface area contributed by atoms with Crippen LogP contribution in [0.4, 0.5) is 0 Å². The lowest BCUT2D eigenvalue weighted by Gasteiger charge is -2.16. The topological polar surface area (TPSA) is 47.9 Å². The Bertz CT molecular complexity index is 406. The minimum absolute atomic E-state index is 0.00645. The van der Waals surface area contributed by atoms with Gasteiger partial charge in [-0.3, -0.25) is 0 Å². The predicted molar refractivity (Wildman–Crippen MR) is 64.4 cm³/mol. The minimum Gasteiger partial charge on any atom is -0.495 e. The summed E-state index contributed by atoms with van der Waals surface area (Å²) in [5, 5.41) is 9.58. The number of hydrogen-bond acceptors (Lipinski definition) is 4. The summed E-state index contributed by atoms with van der Waals surface area (Å²) >= 11 is 6.11. The van der Waals surface area contributed by atoms with Crippen LogP contribution >= 0.6 is 11.6 Å². The molecule has 1 heterocycles. The van der Waals surface area contributed by atoms with Gasteiger partial charge in [0.25, 0.3) is 0 Å². The number of aliphatic hydroxyl groups is 1. The lowest BCUT2D eigenvalue weighted by Crippen LogP contribution is -2.03. The van der Waals surface area contributed by atoms with E-state index in [1.54, 1.807) is 13.2 Å². The molecule has 0 spiro atoms. The van der Waals surface area contributed by atoms with Crippen LogP contribution in [0, 0.1) is 0 Å². The Morgan fingerprint density at radius 1 is 1.41 bits per heavy atom. The molecule has 17 heavy (non-hydrogen) atoms. The van der Waals surface area contributed by atoms with Crippen LogP contribution in [0.5, 0.6) is 17.2 Å². The molecule has 0 radical (unpaired) electrons. The Kier molecular flexibility index (Phi) is 3.97. The molecule has 1 N–H and O–H groups in total. The summed E-state index contributed by atoms with van der Waals surface area (Å²) in [5.41, 5.74) is 0.763. The Balaban J connectivity index is 2.53. The first-order valence-electron chi connectivity index (χ1n) is 5.53. The van der Waals surface area contributed by atoms with E-state index >= 15 is 0 Å². The van der Waals surface area contributed by atoms with Crippen molar-refractivity contribution in [1.29, 1.82) is 0 Å². The fourth-order valence-corrected chi connectivity index (χ4v) is 2.17. The number of benzene rings is 1. The standard InChI is InChI=1S/C12H15ClO4/c1-15-11-8(3-4-14)12-10(7-9(11)13)16-5-2-6-17-12/h7,14H,2-6H2,1H3. The fraction of sp³-hybridized carbons (Fsp3) is 0.500. The third-order valence-corrected chi connectivity index (χ3v) is 2.89. The molecule has 1 aliphatic rings. The predicted octanol–water partition coefficient (Wildman–Crippen LogP) is 2.04. The molecular weight excluding hydrogens is 244 g/mol. The molecule has 1 aliphatic heterocycles. The number of methoxy groups -OCH3 is 1. The van der Waals surface area contributed by atoms with Crippen molar-refractivity contribution in [3.8, 4) is 17.2 Å². The van der Waals surface area contributed by atoms with Crippen LogP contribution in [-0.4, -0.2) is 32.0 Å². The third kappa shape index (κ3) is 2.42. The van der Waals surface area contributed by atoms with Crippen LogP contribution in [0.3, 0.4) is 0 Å². The molecule has 0 saturated carbocycles. The van der Waals surface area contributed by atoms with Crippen molar-refractivity contribution in [3.05, 3.63) is 16.7 Å². The number of halogens is 1. The zero-order valence-corrected chi connectivity index (χ0v) is 10.4. The number of hydrogen-bond donors (Lipinski definition) is 1. The summed E-state index contributed by atoms with van der Waals surface area (Å²) in [6.45, 7) is 1.21. The van der Waals surface area contributed by atoms with Gasteiger partial charge < -0.3 is 19.3 Å². The number of rotatable bonds is 3. The highest BCUT2D eigenvalue weighted by Crippen LogP contribution is 2.44. The van der Waals surface area contributed by atoms with E-state index in [9.17, 15) is 0 Å². The molecule has 1 aromatic carbocycles. The van der Waals surface area contributed by atoms with Gasteiger partial charge in [0.15, 0.2) is 11.5 Å². The van der Waals surface area contributed by atoms with Crippen molar-refractivity contribution >= 4 is 11.6 Å². The largest absolute Gasteiger partial charge is 0.495 e.